The highest BCUT2D eigenvalue weighted by atomic mass is 16.5. The van der Waals surface area contributed by atoms with Crippen molar-refractivity contribution < 1.29 is 34.3 Å². The highest BCUT2D eigenvalue weighted by Crippen LogP contribution is 2.43. The van der Waals surface area contributed by atoms with Crippen molar-refractivity contribution in [3.63, 3.8) is 0 Å². The molecule has 2 aliphatic heterocycles. The molecule has 0 radical (unpaired) electrons. The molecule has 2 saturated heterocycles. The summed E-state index contributed by atoms with van der Waals surface area (Å²) in [5.74, 6) is -0.379. The minimum absolute atomic E-state index is 0.0218. The lowest BCUT2D eigenvalue weighted by atomic mass is 9.93. The van der Waals surface area contributed by atoms with Crippen LogP contribution in [0.5, 0.6) is 11.5 Å². The molecule has 0 bridgehead atoms. The molecule has 258 valence electrons. The van der Waals surface area contributed by atoms with Crippen LogP contribution in [0, 0.1) is 5.92 Å². The number of amides is 2. The predicted molar refractivity (Wildman–Crippen MR) is 179 cm³/mol. The number of ether oxygens (including phenoxy) is 1. The van der Waals surface area contributed by atoms with Gasteiger partial charge in [0.15, 0.2) is 11.5 Å². The Morgan fingerprint density at radius 1 is 0.959 bits per heavy atom. The minimum Gasteiger partial charge on any atom is -0.508 e. The lowest BCUT2D eigenvalue weighted by molar-refractivity contribution is 0.0342. The quantitative estimate of drug-likeness (QED) is 0.121. The molecule has 4 aromatic rings. The largest absolute Gasteiger partial charge is 0.508 e. The minimum atomic E-state index is -0.677. The molecule has 0 unspecified atom stereocenters. The van der Waals surface area contributed by atoms with Crippen molar-refractivity contribution in [1.29, 1.82) is 0 Å². The van der Waals surface area contributed by atoms with E-state index in [1.165, 1.54) is 18.5 Å². The average Bonchev–Trinajstić information content (AvgIpc) is 3.56. The van der Waals surface area contributed by atoms with E-state index in [0.717, 1.165) is 38.0 Å². The first-order chi connectivity index (χ1) is 23.7. The van der Waals surface area contributed by atoms with Crippen LogP contribution >= 0.6 is 0 Å². The van der Waals surface area contributed by atoms with Gasteiger partial charge in [0.1, 0.15) is 11.5 Å². The zero-order valence-corrected chi connectivity index (χ0v) is 27.6. The van der Waals surface area contributed by atoms with E-state index in [1.807, 2.05) is 43.0 Å². The van der Waals surface area contributed by atoms with Gasteiger partial charge in [0.05, 0.1) is 29.9 Å². The number of nitrogens with one attached hydrogen (secondary N) is 2. The predicted octanol–water partition coefficient (Wildman–Crippen LogP) is 3.93. The lowest BCUT2D eigenvalue weighted by Gasteiger charge is -2.32. The summed E-state index contributed by atoms with van der Waals surface area (Å²) in [6, 6.07) is 10.9. The maximum absolute atomic E-state index is 13.7. The Morgan fingerprint density at radius 2 is 1.65 bits per heavy atom. The molecular formula is C35H41N7O7. The van der Waals surface area contributed by atoms with E-state index in [-0.39, 0.29) is 40.4 Å². The number of rotatable bonds is 10. The number of morpholine rings is 1. The summed E-state index contributed by atoms with van der Waals surface area (Å²) in [5, 5.41) is 37.5. The molecule has 6 rings (SSSR count). The first kappa shape index (κ1) is 33.8. The first-order valence-electron chi connectivity index (χ1n) is 16.5. The SMILES string of the molecule is CC(C)c1cc(-c2onc(C(=O)NCC3CCN(c4ncc(C(=O)NO)cn4)CC3)c2-c2ccc(CN3CCOCC3)cc2)c(O)cc1O. The van der Waals surface area contributed by atoms with E-state index in [9.17, 15) is 19.8 Å². The fourth-order valence-corrected chi connectivity index (χ4v) is 6.25. The van der Waals surface area contributed by atoms with Crippen LogP contribution in [0.2, 0.25) is 0 Å². The number of phenolic OH excluding ortho intramolecular Hbond substituents is 2. The molecule has 2 aliphatic rings. The Morgan fingerprint density at radius 3 is 2.31 bits per heavy atom. The van der Waals surface area contributed by atoms with E-state index in [0.29, 0.717) is 61.1 Å². The number of nitrogens with zero attached hydrogens (tertiary/aromatic N) is 5. The molecule has 4 heterocycles. The van der Waals surface area contributed by atoms with Gasteiger partial charge in [-0.25, -0.2) is 15.4 Å². The topological polar surface area (TPSA) is 186 Å². The summed E-state index contributed by atoms with van der Waals surface area (Å²) in [6.45, 7) is 9.57. The molecule has 0 aliphatic carbocycles. The zero-order valence-electron chi connectivity index (χ0n) is 27.6. The summed E-state index contributed by atoms with van der Waals surface area (Å²) < 4.78 is 11.3. The monoisotopic (exact) mass is 671 g/mol. The van der Waals surface area contributed by atoms with Crippen molar-refractivity contribution >= 4 is 17.8 Å². The van der Waals surface area contributed by atoms with Crippen molar-refractivity contribution in [3.05, 3.63) is 71.2 Å². The van der Waals surface area contributed by atoms with Gasteiger partial charge in [0.2, 0.25) is 5.95 Å². The fourth-order valence-electron chi connectivity index (χ4n) is 6.25. The molecular weight excluding hydrogens is 630 g/mol. The molecule has 14 heteroatoms. The zero-order chi connectivity index (χ0) is 34.5. The van der Waals surface area contributed by atoms with Crippen molar-refractivity contribution in [2.75, 3.05) is 50.8 Å². The smallest absolute Gasteiger partial charge is 0.277 e. The maximum atomic E-state index is 13.7. The highest BCUT2D eigenvalue weighted by Gasteiger charge is 2.29. The molecule has 14 nitrogen and oxygen atoms in total. The summed E-state index contributed by atoms with van der Waals surface area (Å²) in [6.07, 6.45) is 4.29. The Bertz CT molecular complexity index is 1760. The van der Waals surface area contributed by atoms with Crippen LogP contribution in [0.4, 0.5) is 5.95 Å². The second-order valence-corrected chi connectivity index (χ2v) is 12.8. The standard InChI is InChI=1S/C35H41N7O7/c1-21(2)26-15-27(29(44)16-28(26)43)32-30(24-5-3-23(4-6-24)20-41-11-13-48-14-12-41)31(40-49-32)34(46)36-17-22-7-9-42(10-8-22)35-37-18-25(19-38-35)33(45)39-47/h3-6,15-16,18-19,21-22,43-44,47H,7-14,17,20H2,1-2H3,(H,36,46)(H,39,45). The Kier molecular flexibility index (Phi) is 10.4. The van der Waals surface area contributed by atoms with Crippen LogP contribution in [0.3, 0.4) is 0 Å². The van der Waals surface area contributed by atoms with Crippen LogP contribution in [-0.2, 0) is 11.3 Å². The number of aromatic nitrogens is 3. The van der Waals surface area contributed by atoms with E-state index in [2.05, 4.69) is 25.3 Å². The number of carbonyl (C=O) groups is 2. The molecule has 2 aromatic heterocycles. The first-order valence-corrected chi connectivity index (χ1v) is 16.5. The van der Waals surface area contributed by atoms with Crippen molar-refractivity contribution in [2.24, 2.45) is 5.92 Å². The van der Waals surface area contributed by atoms with Gasteiger partial charge in [-0.2, -0.15) is 0 Å². The number of hydrogen-bond donors (Lipinski definition) is 5. The normalized spacial score (nSPS) is 15.8. The van der Waals surface area contributed by atoms with E-state index in [1.54, 1.807) is 11.5 Å². The molecule has 5 N–H and O–H groups in total. The Hall–Kier alpha value is -5.05. The van der Waals surface area contributed by atoms with Gasteiger partial charge >= 0.3 is 0 Å². The average molecular weight is 672 g/mol. The van der Waals surface area contributed by atoms with E-state index in [4.69, 9.17) is 14.5 Å². The van der Waals surface area contributed by atoms with Crippen LogP contribution in [0.15, 0.2) is 53.3 Å². The highest BCUT2D eigenvalue weighted by molar-refractivity contribution is 6.02. The molecule has 0 spiro atoms. The number of carbonyl (C=O) groups excluding carboxylic acids is 2. The molecule has 2 amide bonds. The summed E-state index contributed by atoms with van der Waals surface area (Å²) in [4.78, 5) is 38.1. The van der Waals surface area contributed by atoms with Gasteiger partial charge in [-0.05, 0) is 47.4 Å². The van der Waals surface area contributed by atoms with Gasteiger partial charge < -0.3 is 29.7 Å². The number of phenols is 2. The van der Waals surface area contributed by atoms with Crippen molar-refractivity contribution in [2.45, 2.75) is 39.2 Å². The van der Waals surface area contributed by atoms with Crippen molar-refractivity contribution in [1.82, 2.24) is 30.8 Å². The molecule has 0 atom stereocenters. The number of benzene rings is 2. The van der Waals surface area contributed by atoms with E-state index < -0.39 is 11.8 Å². The van der Waals surface area contributed by atoms with Crippen LogP contribution in [-0.4, -0.2) is 93.2 Å². The van der Waals surface area contributed by atoms with Gasteiger partial charge in [-0.3, -0.25) is 19.7 Å². The third-order valence-corrected chi connectivity index (χ3v) is 9.12. The Balaban J connectivity index is 1.19. The lowest BCUT2D eigenvalue weighted by Crippen LogP contribution is -2.39. The Labute approximate surface area is 283 Å². The molecule has 0 saturated carbocycles. The fraction of sp³-hybridized carbons (Fsp3) is 0.400. The second-order valence-electron chi connectivity index (χ2n) is 12.8. The second kappa shape index (κ2) is 15.0. The number of aromatic hydroxyl groups is 2. The van der Waals surface area contributed by atoms with Gasteiger partial charge in [0, 0.05) is 57.7 Å². The maximum Gasteiger partial charge on any atom is 0.277 e. The summed E-state index contributed by atoms with van der Waals surface area (Å²) in [5.41, 5.74) is 5.07. The number of hydroxylamine groups is 1. The van der Waals surface area contributed by atoms with Crippen LogP contribution in [0.1, 0.15) is 64.6 Å². The number of anilines is 1. The van der Waals surface area contributed by atoms with Crippen LogP contribution in [0.25, 0.3) is 22.5 Å². The van der Waals surface area contributed by atoms with Gasteiger partial charge in [0.25, 0.3) is 11.8 Å². The number of piperidine rings is 1. The van der Waals surface area contributed by atoms with E-state index >= 15 is 0 Å². The summed E-state index contributed by atoms with van der Waals surface area (Å²) >= 11 is 0. The molecule has 2 aromatic carbocycles. The third-order valence-electron chi connectivity index (χ3n) is 9.12. The van der Waals surface area contributed by atoms with Crippen LogP contribution < -0.4 is 15.7 Å². The summed E-state index contributed by atoms with van der Waals surface area (Å²) in [7, 11) is 0. The van der Waals surface area contributed by atoms with Gasteiger partial charge in [-0.1, -0.05) is 43.3 Å². The number of hydrogen-bond acceptors (Lipinski definition) is 12. The molecule has 2 fully saturated rings. The molecule has 49 heavy (non-hydrogen) atoms. The third kappa shape index (κ3) is 7.66. The van der Waals surface area contributed by atoms with Crippen molar-refractivity contribution in [3.8, 4) is 33.9 Å². The van der Waals surface area contributed by atoms with Gasteiger partial charge in [-0.15, -0.1) is 0 Å².